The SMILES string of the molecule is CN/C(N)=C(C)/C=C(\N)c1c(C)cc(C(F)(F)F)cc1C. The van der Waals surface area contributed by atoms with E-state index in [4.69, 9.17) is 11.5 Å². The van der Waals surface area contributed by atoms with Crippen molar-refractivity contribution in [2.75, 3.05) is 7.05 Å². The minimum absolute atomic E-state index is 0.384. The standard InChI is InChI=1S/C15H20F3N3/c1-8-5-11(15(16,17)18)6-9(2)13(8)12(19)7-10(3)14(20)21-4/h5-7,21H,19-20H2,1-4H3/b12-7-,14-10+. The van der Waals surface area contributed by atoms with Crippen LogP contribution in [0.2, 0.25) is 0 Å². The first-order chi connectivity index (χ1) is 9.57. The van der Waals surface area contributed by atoms with E-state index >= 15 is 0 Å². The van der Waals surface area contributed by atoms with Crippen molar-refractivity contribution in [2.24, 2.45) is 11.5 Å². The number of hydrogen-bond acceptors (Lipinski definition) is 3. The summed E-state index contributed by atoms with van der Waals surface area (Å²) in [6, 6.07) is 2.20. The van der Waals surface area contributed by atoms with Crippen molar-refractivity contribution in [3.63, 3.8) is 0 Å². The summed E-state index contributed by atoms with van der Waals surface area (Å²) in [6.45, 7) is 4.99. The van der Waals surface area contributed by atoms with Gasteiger partial charge in [-0.3, -0.25) is 0 Å². The van der Waals surface area contributed by atoms with Crippen molar-refractivity contribution >= 4 is 5.70 Å². The second kappa shape index (κ2) is 6.11. The van der Waals surface area contributed by atoms with Gasteiger partial charge in [0.25, 0.3) is 0 Å². The molecule has 0 amide bonds. The number of benzene rings is 1. The normalized spacial score (nSPS) is 14.0. The molecule has 0 aliphatic rings. The number of nitrogens with two attached hydrogens (primary N) is 2. The predicted molar refractivity (Wildman–Crippen MR) is 79.0 cm³/mol. The third-order valence-electron chi connectivity index (χ3n) is 3.21. The summed E-state index contributed by atoms with van der Waals surface area (Å²) in [4.78, 5) is 0. The van der Waals surface area contributed by atoms with Gasteiger partial charge < -0.3 is 16.8 Å². The van der Waals surface area contributed by atoms with E-state index in [-0.39, 0.29) is 0 Å². The van der Waals surface area contributed by atoms with E-state index in [9.17, 15) is 13.2 Å². The highest BCUT2D eigenvalue weighted by atomic mass is 19.4. The van der Waals surface area contributed by atoms with Crippen molar-refractivity contribution < 1.29 is 13.2 Å². The third-order valence-corrected chi connectivity index (χ3v) is 3.21. The van der Waals surface area contributed by atoms with Crippen LogP contribution in [0.1, 0.15) is 29.2 Å². The Morgan fingerprint density at radius 2 is 1.62 bits per heavy atom. The highest BCUT2D eigenvalue weighted by Gasteiger charge is 2.31. The lowest BCUT2D eigenvalue weighted by molar-refractivity contribution is -0.137. The van der Waals surface area contributed by atoms with Crippen LogP contribution in [-0.2, 0) is 6.18 Å². The molecule has 1 rings (SSSR count). The van der Waals surface area contributed by atoms with Crippen LogP contribution < -0.4 is 16.8 Å². The minimum Gasteiger partial charge on any atom is -0.398 e. The van der Waals surface area contributed by atoms with Gasteiger partial charge in [-0.25, -0.2) is 0 Å². The smallest absolute Gasteiger partial charge is 0.398 e. The molecule has 116 valence electrons. The van der Waals surface area contributed by atoms with E-state index < -0.39 is 11.7 Å². The predicted octanol–water partition coefficient (Wildman–Crippen LogP) is 3.03. The third kappa shape index (κ3) is 3.93. The van der Waals surface area contributed by atoms with Crippen molar-refractivity contribution in [2.45, 2.75) is 26.9 Å². The molecule has 5 N–H and O–H groups in total. The van der Waals surface area contributed by atoms with Gasteiger partial charge in [-0.15, -0.1) is 0 Å². The second-order valence-corrected chi connectivity index (χ2v) is 4.93. The van der Waals surface area contributed by atoms with Crippen LogP contribution in [0.4, 0.5) is 13.2 Å². The summed E-state index contributed by atoms with van der Waals surface area (Å²) < 4.78 is 38.3. The Labute approximate surface area is 122 Å². The van der Waals surface area contributed by atoms with Gasteiger partial charge in [-0.05, 0) is 55.7 Å². The zero-order valence-electron chi connectivity index (χ0n) is 12.5. The quantitative estimate of drug-likeness (QED) is 0.752. The molecule has 0 spiro atoms. The van der Waals surface area contributed by atoms with Gasteiger partial charge in [-0.1, -0.05) is 0 Å². The van der Waals surface area contributed by atoms with Gasteiger partial charge in [0.15, 0.2) is 0 Å². The van der Waals surface area contributed by atoms with Gasteiger partial charge in [-0.2, -0.15) is 13.2 Å². The first-order valence-corrected chi connectivity index (χ1v) is 6.38. The molecule has 3 nitrogen and oxygen atoms in total. The molecule has 0 saturated heterocycles. The molecule has 0 saturated carbocycles. The molecular formula is C15H20F3N3. The number of alkyl halides is 3. The molecule has 0 radical (unpaired) electrons. The summed E-state index contributed by atoms with van der Waals surface area (Å²) in [5.74, 6) is 0.458. The monoisotopic (exact) mass is 299 g/mol. The van der Waals surface area contributed by atoms with Crippen LogP contribution in [0.15, 0.2) is 29.6 Å². The summed E-state index contributed by atoms with van der Waals surface area (Å²) in [7, 11) is 1.68. The van der Waals surface area contributed by atoms with Crippen LogP contribution >= 0.6 is 0 Å². The molecule has 0 fully saturated rings. The van der Waals surface area contributed by atoms with Crippen LogP contribution in [0, 0.1) is 13.8 Å². The topological polar surface area (TPSA) is 64.1 Å². The number of hydrogen-bond donors (Lipinski definition) is 3. The fraction of sp³-hybridized carbons (Fsp3) is 0.333. The van der Waals surface area contributed by atoms with Gasteiger partial charge in [0.05, 0.1) is 11.4 Å². The summed E-state index contributed by atoms with van der Waals surface area (Å²) >= 11 is 0. The van der Waals surface area contributed by atoms with Crippen LogP contribution in [0.3, 0.4) is 0 Å². The molecule has 1 aromatic rings. The Balaban J connectivity index is 3.36. The van der Waals surface area contributed by atoms with E-state index in [1.807, 2.05) is 0 Å². The molecule has 1 aromatic carbocycles. The number of rotatable bonds is 3. The fourth-order valence-electron chi connectivity index (χ4n) is 2.16. The molecule has 0 unspecified atom stereocenters. The summed E-state index contributed by atoms with van der Waals surface area (Å²) in [5, 5.41) is 2.79. The molecule has 0 bridgehead atoms. The zero-order chi connectivity index (χ0) is 16.4. The van der Waals surface area contributed by atoms with Crippen molar-refractivity contribution in [3.05, 3.63) is 51.9 Å². The van der Waals surface area contributed by atoms with Gasteiger partial charge >= 0.3 is 6.18 Å². The second-order valence-electron chi connectivity index (χ2n) is 4.93. The molecule has 0 aliphatic heterocycles. The van der Waals surface area contributed by atoms with E-state index in [1.165, 1.54) is 0 Å². The maximum absolute atomic E-state index is 12.8. The Morgan fingerprint density at radius 3 is 2.00 bits per heavy atom. The maximum Gasteiger partial charge on any atom is 0.416 e. The molecule has 21 heavy (non-hydrogen) atoms. The number of nitrogens with one attached hydrogen (secondary N) is 1. The molecule has 0 atom stereocenters. The van der Waals surface area contributed by atoms with Gasteiger partial charge in [0.1, 0.15) is 0 Å². The van der Waals surface area contributed by atoms with Crippen molar-refractivity contribution in [3.8, 4) is 0 Å². The Morgan fingerprint density at radius 1 is 1.14 bits per heavy atom. The van der Waals surface area contributed by atoms with Crippen molar-refractivity contribution in [1.29, 1.82) is 0 Å². The minimum atomic E-state index is -4.36. The zero-order valence-corrected chi connectivity index (χ0v) is 12.5. The number of aryl methyl sites for hydroxylation is 2. The summed E-state index contributed by atoms with van der Waals surface area (Å²) in [6.07, 6.45) is -2.71. The van der Waals surface area contributed by atoms with E-state index in [0.717, 1.165) is 12.1 Å². The fourth-order valence-corrected chi connectivity index (χ4v) is 2.16. The van der Waals surface area contributed by atoms with Gasteiger partial charge in [0.2, 0.25) is 0 Å². The lowest BCUT2D eigenvalue weighted by Gasteiger charge is -2.15. The Kier molecular flexibility index (Phi) is 4.93. The van der Waals surface area contributed by atoms with Crippen LogP contribution in [-0.4, -0.2) is 7.05 Å². The number of halogens is 3. The average Bonchev–Trinajstić information content (AvgIpc) is 2.35. The largest absolute Gasteiger partial charge is 0.416 e. The Hall–Kier alpha value is -2.11. The van der Waals surface area contributed by atoms with Crippen LogP contribution in [0.25, 0.3) is 5.70 Å². The average molecular weight is 299 g/mol. The highest BCUT2D eigenvalue weighted by Crippen LogP contribution is 2.33. The molecular weight excluding hydrogens is 279 g/mol. The maximum atomic E-state index is 12.8. The highest BCUT2D eigenvalue weighted by molar-refractivity contribution is 5.71. The van der Waals surface area contributed by atoms with E-state index in [1.54, 1.807) is 33.9 Å². The Bertz CT molecular complexity index is 576. The molecule has 0 aromatic heterocycles. The lowest BCUT2D eigenvalue weighted by Crippen LogP contribution is -2.16. The summed E-state index contributed by atoms with van der Waals surface area (Å²) in [5.41, 5.74) is 13.7. The molecule has 0 heterocycles. The van der Waals surface area contributed by atoms with Crippen molar-refractivity contribution in [1.82, 2.24) is 5.32 Å². The number of allylic oxidation sites excluding steroid dienone is 2. The lowest BCUT2D eigenvalue weighted by atomic mass is 9.96. The van der Waals surface area contributed by atoms with E-state index in [2.05, 4.69) is 5.32 Å². The van der Waals surface area contributed by atoms with E-state index in [0.29, 0.717) is 33.8 Å². The first kappa shape index (κ1) is 16.9. The van der Waals surface area contributed by atoms with Crippen LogP contribution in [0.5, 0.6) is 0 Å². The molecule has 0 aliphatic carbocycles. The molecule has 6 heteroatoms. The first-order valence-electron chi connectivity index (χ1n) is 6.38. The van der Waals surface area contributed by atoms with Gasteiger partial charge in [0, 0.05) is 18.3 Å².